The van der Waals surface area contributed by atoms with Crippen molar-refractivity contribution in [2.24, 2.45) is 0 Å². The van der Waals surface area contributed by atoms with Crippen LogP contribution in [0.3, 0.4) is 0 Å². The van der Waals surface area contributed by atoms with Gasteiger partial charge in [-0.2, -0.15) is 13.2 Å². The molecule has 0 aliphatic carbocycles. The lowest BCUT2D eigenvalue weighted by atomic mass is 10.1. The Hall–Kier alpha value is -1.50. The van der Waals surface area contributed by atoms with Gasteiger partial charge in [-0.25, -0.2) is 0 Å². The second-order valence-electron chi connectivity index (χ2n) is 4.57. The van der Waals surface area contributed by atoms with Crippen molar-refractivity contribution in [1.29, 1.82) is 0 Å². The lowest BCUT2D eigenvalue weighted by Gasteiger charge is -2.31. The molecule has 0 N–H and O–H groups in total. The Morgan fingerprint density at radius 1 is 1.42 bits per heavy atom. The molecule has 0 saturated carbocycles. The molecule has 0 unspecified atom stereocenters. The molecule has 0 fully saturated rings. The van der Waals surface area contributed by atoms with Gasteiger partial charge in [0.25, 0.3) is 5.91 Å². The fourth-order valence-electron chi connectivity index (χ4n) is 1.47. The normalized spacial score (nSPS) is 12.5. The van der Waals surface area contributed by atoms with Crippen LogP contribution in [0.25, 0.3) is 0 Å². The highest BCUT2D eigenvalue weighted by atomic mass is 19.4. The Kier molecular flexibility index (Phi) is 4.62. The third kappa shape index (κ3) is 4.59. The van der Waals surface area contributed by atoms with E-state index in [1.165, 1.54) is 33.3 Å². The van der Waals surface area contributed by atoms with E-state index in [0.29, 0.717) is 4.90 Å². The number of furan rings is 1. The van der Waals surface area contributed by atoms with E-state index >= 15 is 0 Å². The van der Waals surface area contributed by atoms with Crippen LogP contribution >= 0.6 is 0 Å². The second-order valence-corrected chi connectivity index (χ2v) is 4.57. The van der Waals surface area contributed by atoms with Crippen molar-refractivity contribution in [3.05, 3.63) is 24.2 Å². The van der Waals surface area contributed by atoms with E-state index < -0.39 is 24.2 Å². The molecule has 1 amide bonds. The van der Waals surface area contributed by atoms with Crippen LogP contribution in [0.5, 0.6) is 0 Å². The van der Waals surface area contributed by atoms with Gasteiger partial charge < -0.3 is 14.1 Å². The molecule has 1 aromatic rings. The van der Waals surface area contributed by atoms with Crippen LogP contribution in [-0.4, -0.2) is 36.2 Å². The average molecular weight is 279 g/mol. The summed E-state index contributed by atoms with van der Waals surface area (Å²) in [6, 6.07) is 3.06. The van der Waals surface area contributed by atoms with Crippen molar-refractivity contribution in [3.8, 4) is 0 Å². The van der Waals surface area contributed by atoms with Gasteiger partial charge in [0.05, 0.1) is 12.8 Å². The highest BCUT2D eigenvalue weighted by Gasteiger charge is 2.39. The number of rotatable bonds is 5. The fraction of sp³-hybridized carbons (Fsp3) is 0.583. The number of methoxy groups -OCH3 is 1. The number of ether oxygens (including phenoxy) is 1. The van der Waals surface area contributed by atoms with Crippen LogP contribution < -0.4 is 0 Å². The maximum atomic E-state index is 12.5. The molecule has 4 nitrogen and oxygen atoms in total. The smallest absolute Gasteiger partial charge is 0.406 e. The quantitative estimate of drug-likeness (QED) is 0.832. The molecule has 19 heavy (non-hydrogen) atoms. The second kappa shape index (κ2) is 5.64. The molecule has 0 aromatic carbocycles. The van der Waals surface area contributed by atoms with Gasteiger partial charge in [-0.15, -0.1) is 0 Å². The number of nitrogens with zero attached hydrogens (tertiary/aromatic N) is 1. The van der Waals surface area contributed by atoms with Gasteiger partial charge in [0.2, 0.25) is 0 Å². The Morgan fingerprint density at radius 2 is 2.05 bits per heavy atom. The van der Waals surface area contributed by atoms with Crippen molar-refractivity contribution >= 4 is 5.91 Å². The van der Waals surface area contributed by atoms with Crippen LogP contribution in [0.2, 0.25) is 0 Å². The van der Waals surface area contributed by atoms with Crippen molar-refractivity contribution in [2.45, 2.75) is 32.2 Å². The minimum absolute atomic E-state index is 0.252. The molecular formula is C12H16F3NO3. The molecule has 0 atom stereocenters. The molecule has 0 aliphatic heterocycles. The Bertz CT molecular complexity index is 412. The summed E-state index contributed by atoms with van der Waals surface area (Å²) in [5, 5.41) is 0. The lowest BCUT2D eigenvalue weighted by molar-refractivity contribution is -0.174. The Labute approximate surface area is 109 Å². The van der Waals surface area contributed by atoms with Gasteiger partial charge in [-0.1, -0.05) is 0 Å². The molecule has 108 valence electrons. The summed E-state index contributed by atoms with van der Waals surface area (Å²) in [5.74, 6) is -0.465. The summed E-state index contributed by atoms with van der Waals surface area (Å²) >= 11 is 0. The van der Waals surface area contributed by atoms with Crippen LogP contribution in [0, 0.1) is 0 Å². The van der Waals surface area contributed by atoms with E-state index in [9.17, 15) is 18.0 Å². The average Bonchev–Trinajstić information content (AvgIpc) is 2.78. The zero-order valence-electron chi connectivity index (χ0n) is 11.0. The van der Waals surface area contributed by atoms with Crippen LogP contribution in [0.4, 0.5) is 13.2 Å². The zero-order chi connectivity index (χ0) is 14.7. The van der Waals surface area contributed by atoms with Crippen molar-refractivity contribution in [2.75, 3.05) is 13.7 Å². The van der Waals surface area contributed by atoms with E-state index in [0.717, 1.165) is 0 Å². The van der Waals surface area contributed by atoms with Gasteiger partial charge in [-0.3, -0.25) is 4.79 Å². The number of alkyl halides is 3. The SMILES string of the molecule is COC(C)(C)C(=O)N(Cc1ccco1)CC(F)(F)F. The Morgan fingerprint density at radius 3 is 2.47 bits per heavy atom. The zero-order valence-corrected chi connectivity index (χ0v) is 11.0. The number of hydrogen-bond donors (Lipinski definition) is 0. The summed E-state index contributed by atoms with van der Waals surface area (Å²) < 4.78 is 47.5. The maximum Gasteiger partial charge on any atom is 0.406 e. The Balaban J connectivity index is 2.89. The van der Waals surface area contributed by atoms with E-state index in [2.05, 4.69) is 0 Å². The third-order valence-corrected chi connectivity index (χ3v) is 2.61. The highest BCUT2D eigenvalue weighted by Crippen LogP contribution is 2.22. The largest absolute Gasteiger partial charge is 0.467 e. The number of hydrogen-bond acceptors (Lipinski definition) is 3. The van der Waals surface area contributed by atoms with E-state index in [1.54, 1.807) is 6.07 Å². The molecule has 0 radical (unpaired) electrons. The number of amides is 1. The van der Waals surface area contributed by atoms with Gasteiger partial charge in [-0.05, 0) is 26.0 Å². The van der Waals surface area contributed by atoms with Crippen LogP contribution in [-0.2, 0) is 16.1 Å². The summed E-state index contributed by atoms with van der Waals surface area (Å²) in [7, 11) is 1.27. The summed E-state index contributed by atoms with van der Waals surface area (Å²) in [6.07, 6.45) is -3.14. The molecule has 0 spiro atoms. The predicted molar refractivity (Wildman–Crippen MR) is 61.3 cm³/mol. The van der Waals surface area contributed by atoms with Gasteiger partial charge in [0.15, 0.2) is 0 Å². The first kappa shape index (κ1) is 15.6. The highest BCUT2D eigenvalue weighted by molar-refractivity contribution is 5.84. The van der Waals surface area contributed by atoms with Crippen molar-refractivity contribution in [3.63, 3.8) is 0 Å². The summed E-state index contributed by atoms with van der Waals surface area (Å²) in [4.78, 5) is 12.7. The summed E-state index contributed by atoms with van der Waals surface area (Å²) in [6.45, 7) is 1.24. The number of halogens is 3. The lowest BCUT2D eigenvalue weighted by Crippen LogP contribution is -2.49. The van der Waals surface area contributed by atoms with Crippen molar-refractivity contribution < 1.29 is 27.1 Å². The minimum atomic E-state index is -4.48. The molecule has 7 heteroatoms. The fourth-order valence-corrected chi connectivity index (χ4v) is 1.47. The molecule has 1 rings (SSSR count). The summed E-state index contributed by atoms with van der Waals surface area (Å²) in [5.41, 5.74) is -1.32. The van der Waals surface area contributed by atoms with E-state index in [-0.39, 0.29) is 12.3 Å². The van der Waals surface area contributed by atoms with E-state index in [1.807, 2.05) is 0 Å². The first-order valence-electron chi connectivity index (χ1n) is 5.59. The molecule has 0 aliphatic rings. The van der Waals surface area contributed by atoms with Gasteiger partial charge in [0, 0.05) is 7.11 Å². The third-order valence-electron chi connectivity index (χ3n) is 2.61. The topological polar surface area (TPSA) is 42.7 Å². The minimum Gasteiger partial charge on any atom is -0.467 e. The van der Waals surface area contributed by atoms with Crippen LogP contribution in [0.15, 0.2) is 22.8 Å². The van der Waals surface area contributed by atoms with Crippen LogP contribution in [0.1, 0.15) is 19.6 Å². The first-order chi connectivity index (χ1) is 8.65. The maximum absolute atomic E-state index is 12.5. The molecular weight excluding hydrogens is 263 g/mol. The standard InChI is InChI=1S/C12H16F3NO3/c1-11(2,18-3)10(17)16(8-12(13,14)15)7-9-5-4-6-19-9/h4-6H,7-8H2,1-3H3. The van der Waals surface area contributed by atoms with E-state index in [4.69, 9.17) is 9.15 Å². The monoisotopic (exact) mass is 279 g/mol. The molecule has 1 heterocycles. The van der Waals surface area contributed by atoms with Gasteiger partial charge >= 0.3 is 6.18 Å². The number of carbonyl (C=O) groups is 1. The van der Waals surface area contributed by atoms with Gasteiger partial charge in [0.1, 0.15) is 17.9 Å². The van der Waals surface area contributed by atoms with Crippen molar-refractivity contribution in [1.82, 2.24) is 4.90 Å². The molecule has 0 bridgehead atoms. The number of carbonyl (C=O) groups excluding carboxylic acids is 1. The molecule has 1 aromatic heterocycles. The predicted octanol–water partition coefficient (Wildman–Crippen LogP) is 2.60. The molecule has 0 saturated heterocycles. The first-order valence-corrected chi connectivity index (χ1v) is 5.59.